The van der Waals surface area contributed by atoms with Gasteiger partial charge in [-0.2, -0.15) is 17.6 Å². The fourth-order valence-corrected chi connectivity index (χ4v) is 6.88. The van der Waals surface area contributed by atoms with Gasteiger partial charge in [-0.1, -0.05) is 17.7 Å². The van der Waals surface area contributed by atoms with Crippen LogP contribution in [0.1, 0.15) is 13.8 Å². The highest BCUT2D eigenvalue weighted by atomic mass is 35.5. The second-order valence-corrected chi connectivity index (χ2v) is 11.5. The normalized spacial score (nSPS) is 13.0. The van der Waals surface area contributed by atoms with Gasteiger partial charge in [0.2, 0.25) is 0 Å². The van der Waals surface area contributed by atoms with Crippen LogP contribution in [0, 0.1) is 0 Å². The third-order valence-electron chi connectivity index (χ3n) is 3.47. The molecular formula is C14H13ClN2O4S3. The van der Waals surface area contributed by atoms with Crippen molar-refractivity contribution >= 4 is 53.7 Å². The molecule has 0 saturated heterocycles. The first-order chi connectivity index (χ1) is 11.2. The zero-order chi connectivity index (χ0) is 17.7. The molecule has 0 aliphatic heterocycles. The number of hydrogen-bond acceptors (Lipinski definition) is 6. The van der Waals surface area contributed by atoms with Crippen LogP contribution in [0.2, 0.25) is 5.02 Å². The van der Waals surface area contributed by atoms with Gasteiger partial charge in [0, 0.05) is 5.39 Å². The van der Waals surface area contributed by atoms with Crippen LogP contribution in [0.5, 0.6) is 0 Å². The Kier molecular flexibility index (Phi) is 4.23. The number of fused-ring (bicyclic) bond motifs is 1. The summed E-state index contributed by atoms with van der Waals surface area (Å²) in [5, 5.41) is 4.18. The van der Waals surface area contributed by atoms with Gasteiger partial charge in [0.1, 0.15) is 8.42 Å². The van der Waals surface area contributed by atoms with Crippen molar-refractivity contribution in [3.8, 4) is 0 Å². The second kappa shape index (κ2) is 5.83. The smallest absolute Gasteiger partial charge is 0.223 e. The standard InChI is InChI=1S/C14H13ClN2O4S3/c1-9(2)23(18,19)13-6-7-14(22-13)24(20,21)17-12-5-3-4-11(15)10(12)8-16-17/h3-9H,1-2H3. The lowest BCUT2D eigenvalue weighted by molar-refractivity contribution is 0.584. The molecule has 0 atom stereocenters. The Morgan fingerprint density at radius 3 is 2.42 bits per heavy atom. The van der Waals surface area contributed by atoms with Crippen LogP contribution in [0.25, 0.3) is 10.9 Å². The van der Waals surface area contributed by atoms with Gasteiger partial charge in [-0.05, 0) is 38.1 Å². The highest BCUT2D eigenvalue weighted by Crippen LogP contribution is 2.31. The fourth-order valence-electron chi connectivity index (χ4n) is 2.10. The van der Waals surface area contributed by atoms with Crippen LogP contribution in [0.3, 0.4) is 0 Å². The van der Waals surface area contributed by atoms with E-state index in [0.29, 0.717) is 27.3 Å². The van der Waals surface area contributed by atoms with Crippen molar-refractivity contribution in [3.05, 3.63) is 41.6 Å². The molecule has 1 aromatic carbocycles. The van der Waals surface area contributed by atoms with E-state index in [1.165, 1.54) is 18.3 Å². The molecule has 3 rings (SSSR count). The number of nitrogens with zero attached hydrogens (tertiary/aromatic N) is 2. The van der Waals surface area contributed by atoms with Gasteiger partial charge < -0.3 is 0 Å². The molecule has 0 saturated carbocycles. The van der Waals surface area contributed by atoms with Crippen LogP contribution in [-0.2, 0) is 19.9 Å². The maximum atomic E-state index is 12.8. The average Bonchev–Trinajstić information content (AvgIpc) is 3.15. The van der Waals surface area contributed by atoms with E-state index >= 15 is 0 Å². The molecule has 10 heteroatoms. The van der Waals surface area contributed by atoms with Crippen molar-refractivity contribution in [2.45, 2.75) is 27.5 Å². The summed E-state index contributed by atoms with van der Waals surface area (Å²) in [4.78, 5) is 0. The van der Waals surface area contributed by atoms with Crippen molar-refractivity contribution in [2.24, 2.45) is 0 Å². The van der Waals surface area contributed by atoms with Crippen molar-refractivity contribution in [1.82, 2.24) is 9.19 Å². The summed E-state index contributed by atoms with van der Waals surface area (Å²) in [5.74, 6) is 0. The summed E-state index contributed by atoms with van der Waals surface area (Å²) in [6.45, 7) is 3.10. The highest BCUT2D eigenvalue weighted by molar-refractivity contribution is 7.95. The molecule has 2 aromatic heterocycles. The van der Waals surface area contributed by atoms with E-state index < -0.39 is 25.1 Å². The molecule has 128 valence electrons. The maximum Gasteiger partial charge on any atom is 0.293 e. The quantitative estimate of drug-likeness (QED) is 0.666. The summed E-state index contributed by atoms with van der Waals surface area (Å²) in [5.41, 5.74) is 0.337. The Labute approximate surface area is 148 Å². The van der Waals surface area contributed by atoms with Crippen LogP contribution in [0.15, 0.2) is 44.9 Å². The van der Waals surface area contributed by atoms with Gasteiger partial charge in [-0.3, -0.25) is 0 Å². The summed E-state index contributed by atoms with van der Waals surface area (Å²) in [6, 6.07) is 7.45. The van der Waals surface area contributed by atoms with Gasteiger partial charge in [0.15, 0.2) is 9.84 Å². The zero-order valence-corrected chi connectivity index (χ0v) is 15.9. The molecule has 3 aromatic rings. The molecule has 0 bridgehead atoms. The molecule has 0 amide bonds. The molecule has 2 heterocycles. The van der Waals surface area contributed by atoms with Gasteiger partial charge >= 0.3 is 0 Å². The SMILES string of the molecule is CC(C)S(=O)(=O)c1ccc(S(=O)(=O)n2ncc3c(Cl)cccc32)s1. The number of rotatable bonds is 4. The van der Waals surface area contributed by atoms with Gasteiger partial charge in [0.05, 0.1) is 22.0 Å². The van der Waals surface area contributed by atoms with Crippen LogP contribution < -0.4 is 0 Å². The number of halogens is 1. The first kappa shape index (κ1) is 17.4. The first-order valence-corrected chi connectivity index (χ1v) is 11.1. The Hall–Kier alpha value is -1.42. The molecule has 0 spiro atoms. The van der Waals surface area contributed by atoms with Crippen LogP contribution in [0.4, 0.5) is 0 Å². The third-order valence-corrected chi connectivity index (χ3v) is 9.63. The Balaban J connectivity index is 2.15. The summed E-state index contributed by atoms with van der Waals surface area (Å²) < 4.78 is 50.8. The van der Waals surface area contributed by atoms with Crippen molar-refractivity contribution in [1.29, 1.82) is 0 Å². The average molecular weight is 405 g/mol. The molecule has 0 fully saturated rings. The number of aromatic nitrogens is 2. The highest BCUT2D eigenvalue weighted by Gasteiger charge is 2.27. The number of hydrogen-bond donors (Lipinski definition) is 0. The fraction of sp³-hybridized carbons (Fsp3) is 0.214. The van der Waals surface area contributed by atoms with E-state index in [-0.39, 0.29) is 8.42 Å². The molecule has 0 N–H and O–H groups in total. The molecule has 0 aliphatic carbocycles. The zero-order valence-electron chi connectivity index (χ0n) is 12.7. The third kappa shape index (κ3) is 2.65. The van der Waals surface area contributed by atoms with E-state index in [1.54, 1.807) is 32.0 Å². The minimum atomic E-state index is -4.00. The Morgan fingerprint density at radius 1 is 1.08 bits per heavy atom. The van der Waals surface area contributed by atoms with Crippen molar-refractivity contribution < 1.29 is 16.8 Å². The van der Waals surface area contributed by atoms with Crippen LogP contribution >= 0.6 is 22.9 Å². The predicted octanol–water partition coefficient (Wildman–Crippen LogP) is 3.17. The predicted molar refractivity (Wildman–Crippen MR) is 94.0 cm³/mol. The molecule has 0 unspecified atom stereocenters. The van der Waals surface area contributed by atoms with Gasteiger partial charge in [-0.25, -0.2) is 8.42 Å². The lowest BCUT2D eigenvalue weighted by Crippen LogP contribution is -2.13. The maximum absolute atomic E-state index is 12.8. The largest absolute Gasteiger partial charge is 0.293 e. The minimum Gasteiger partial charge on any atom is -0.223 e. The number of thiophene rings is 1. The van der Waals surface area contributed by atoms with E-state index in [9.17, 15) is 16.8 Å². The Morgan fingerprint density at radius 2 is 1.75 bits per heavy atom. The van der Waals surface area contributed by atoms with Gasteiger partial charge in [-0.15, -0.1) is 11.3 Å². The molecular weight excluding hydrogens is 392 g/mol. The van der Waals surface area contributed by atoms with Crippen molar-refractivity contribution in [3.63, 3.8) is 0 Å². The monoisotopic (exact) mass is 404 g/mol. The van der Waals surface area contributed by atoms with Crippen molar-refractivity contribution in [2.75, 3.05) is 0 Å². The number of sulfone groups is 1. The summed E-state index contributed by atoms with van der Waals surface area (Å²) in [6.07, 6.45) is 1.37. The second-order valence-electron chi connectivity index (χ2n) is 5.33. The topological polar surface area (TPSA) is 86.1 Å². The van der Waals surface area contributed by atoms with E-state index in [4.69, 9.17) is 11.6 Å². The molecule has 0 aliphatic rings. The Bertz CT molecular complexity index is 1130. The summed E-state index contributed by atoms with van der Waals surface area (Å²) in [7, 11) is -7.53. The lowest BCUT2D eigenvalue weighted by Gasteiger charge is -2.05. The van der Waals surface area contributed by atoms with E-state index in [2.05, 4.69) is 5.10 Å². The number of benzene rings is 1. The lowest BCUT2D eigenvalue weighted by atomic mass is 10.3. The van der Waals surface area contributed by atoms with E-state index in [1.807, 2.05) is 0 Å². The summed E-state index contributed by atoms with van der Waals surface area (Å²) >= 11 is 6.76. The minimum absolute atomic E-state index is 0.0190. The molecule has 6 nitrogen and oxygen atoms in total. The van der Waals surface area contributed by atoms with Gasteiger partial charge in [0.25, 0.3) is 10.0 Å². The first-order valence-electron chi connectivity index (χ1n) is 6.87. The van der Waals surface area contributed by atoms with E-state index in [0.717, 1.165) is 4.09 Å². The molecule has 0 radical (unpaired) electrons. The molecule has 24 heavy (non-hydrogen) atoms. The van der Waals surface area contributed by atoms with Crippen LogP contribution in [-0.4, -0.2) is 31.3 Å².